The van der Waals surface area contributed by atoms with Gasteiger partial charge in [-0.15, -0.1) is 0 Å². The molecule has 2 aliphatic carbocycles. The van der Waals surface area contributed by atoms with Crippen molar-refractivity contribution in [1.82, 2.24) is 0 Å². The fourth-order valence-corrected chi connectivity index (χ4v) is 4.43. The lowest BCUT2D eigenvalue weighted by Gasteiger charge is -2.38. The number of hydrogen-bond donors (Lipinski definition) is 1. The molecule has 4 heteroatoms. The highest BCUT2D eigenvalue weighted by atomic mass is 16.2. The molecule has 1 N–H and O–H groups in total. The first-order valence-corrected chi connectivity index (χ1v) is 8.10. The quantitative estimate of drug-likeness (QED) is 0.867. The fraction of sp³-hybridized carbons (Fsp3) is 0.526. The average Bonchev–Trinajstić information content (AvgIpc) is 2.78. The van der Waals surface area contributed by atoms with Crippen LogP contribution in [0.2, 0.25) is 0 Å². The number of Topliss-reactive ketones (excluding diaryl/α,β-unsaturated/α-hetero) is 2. The minimum atomic E-state index is -0.648. The third kappa shape index (κ3) is 1.93. The van der Waals surface area contributed by atoms with Crippen molar-refractivity contribution in [3.05, 3.63) is 29.8 Å². The van der Waals surface area contributed by atoms with Crippen molar-refractivity contribution in [2.24, 2.45) is 16.2 Å². The minimum absolute atomic E-state index is 0.0379. The van der Waals surface area contributed by atoms with Crippen LogP contribution >= 0.6 is 0 Å². The van der Waals surface area contributed by atoms with Gasteiger partial charge in [-0.05, 0) is 37.3 Å². The Kier molecular flexibility index (Phi) is 3.29. The highest BCUT2D eigenvalue weighted by Crippen LogP contribution is 2.70. The van der Waals surface area contributed by atoms with Crippen LogP contribution in [0.5, 0.6) is 0 Å². The van der Waals surface area contributed by atoms with Crippen molar-refractivity contribution in [1.29, 1.82) is 0 Å². The zero-order valence-corrected chi connectivity index (χ0v) is 14.2. The highest BCUT2D eigenvalue weighted by Gasteiger charge is 2.72. The number of fused-ring (bicyclic) bond motifs is 2. The number of hydrogen-bond acceptors (Lipinski definition) is 3. The SMILES string of the molecule is CC(=O)c1cccc(NC(=O)[C@@]23CC[C@](C)(C(=O)C2)C3(C)C)c1. The van der Waals surface area contributed by atoms with Crippen LogP contribution in [0.25, 0.3) is 0 Å². The van der Waals surface area contributed by atoms with Crippen molar-refractivity contribution < 1.29 is 14.4 Å². The number of rotatable bonds is 3. The van der Waals surface area contributed by atoms with Crippen molar-refractivity contribution >= 4 is 23.2 Å². The lowest BCUT2D eigenvalue weighted by Crippen LogP contribution is -2.43. The lowest BCUT2D eigenvalue weighted by molar-refractivity contribution is -0.131. The molecular formula is C19H23NO3. The number of nitrogens with one attached hydrogen (secondary N) is 1. The van der Waals surface area contributed by atoms with E-state index in [0.717, 1.165) is 12.8 Å². The number of carbonyl (C=O) groups excluding carboxylic acids is 3. The van der Waals surface area contributed by atoms with E-state index in [0.29, 0.717) is 17.7 Å². The smallest absolute Gasteiger partial charge is 0.231 e. The van der Waals surface area contributed by atoms with Crippen LogP contribution < -0.4 is 5.32 Å². The molecule has 0 saturated heterocycles. The third-order valence-electron chi connectivity index (χ3n) is 6.67. The van der Waals surface area contributed by atoms with Crippen molar-refractivity contribution in [2.45, 2.75) is 47.0 Å². The van der Waals surface area contributed by atoms with Crippen molar-refractivity contribution in [2.75, 3.05) is 5.32 Å². The topological polar surface area (TPSA) is 63.2 Å². The van der Waals surface area contributed by atoms with Gasteiger partial charge >= 0.3 is 0 Å². The lowest BCUT2D eigenvalue weighted by atomic mass is 9.64. The minimum Gasteiger partial charge on any atom is -0.326 e. The summed E-state index contributed by atoms with van der Waals surface area (Å²) in [6.07, 6.45) is 1.81. The standard InChI is InChI=1S/C19H23NO3/c1-12(21)13-6-5-7-14(10-13)20-16(23)19-9-8-18(4,15(22)11-19)17(19,2)3/h5-7,10H,8-9,11H2,1-4H3,(H,20,23)/t18-,19-/m1/s1. The van der Waals surface area contributed by atoms with Crippen LogP contribution in [0.15, 0.2) is 24.3 Å². The number of anilines is 1. The zero-order chi connectivity index (χ0) is 17.0. The third-order valence-corrected chi connectivity index (χ3v) is 6.67. The molecule has 0 aliphatic heterocycles. The van der Waals surface area contributed by atoms with E-state index >= 15 is 0 Å². The molecular weight excluding hydrogens is 290 g/mol. The Hall–Kier alpha value is -1.97. The van der Waals surface area contributed by atoms with Gasteiger partial charge in [-0.3, -0.25) is 14.4 Å². The van der Waals surface area contributed by atoms with E-state index < -0.39 is 10.8 Å². The molecule has 2 saturated carbocycles. The molecule has 4 nitrogen and oxygen atoms in total. The van der Waals surface area contributed by atoms with Gasteiger partial charge in [-0.2, -0.15) is 0 Å². The van der Waals surface area contributed by atoms with E-state index in [9.17, 15) is 14.4 Å². The first-order valence-electron chi connectivity index (χ1n) is 8.10. The molecule has 3 rings (SSSR count). The summed E-state index contributed by atoms with van der Waals surface area (Å²) in [6, 6.07) is 6.95. The maximum Gasteiger partial charge on any atom is 0.231 e. The van der Waals surface area contributed by atoms with E-state index in [1.165, 1.54) is 6.92 Å². The molecule has 2 bridgehead atoms. The molecule has 122 valence electrons. The number of benzene rings is 1. The number of amides is 1. The van der Waals surface area contributed by atoms with Gasteiger partial charge in [0.1, 0.15) is 5.78 Å². The molecule has 23 heavy (non-hydrogen) atoms. The molecule has 0 heterocycles. The Morgan fingerprint density at radius 1 is 1.13 bits per heavy atom. The summed E-state index contributed by atoms with van der Waals surface area (Å²) in [5.74, 6) is 0.0586. The largest absolute Gasteiger partial charge is 0.326 e. The van der Waals surface area contributed by atoms with Gasteiger partial charge in [0, 0.05) is 23.1 Å². The molecule has 0 unspecified atom stereocenters. The monoisotopic (exact) mass is 313 g/mol. The molecule has 0 aromatic heterocycles. The zero-order valence-electron chi connectivity index (χ0n) is 14.2. The molecule has 2 aliphatic rings. The normalized spacial score (nSPS) is 31.2. The first-order chi connectivity index (χ1) is 10.6. The second kappa shape index (κ2) is 4.76. The highest BCUT2D eigenvalue weighted by molar-refractivity contribution is 6.05. The molecule has 2 atom stereocenters. The summed E-state index contributed by atoms with van der Waals surface area (Å²) in [6.45, 7) is 7.57. The summed E-state index contributed by atoms with van der Waals surface area (Å²) in [4.78, 5) is 37.0. The summed E-state index contributed by atoms with van der Waals surface area (Å²) >= 11 is 0. The van der Waals surface area contributed by atoms with Crippen LogP contribution in [0, 0.1) is 16.2 Å². The second-order valence-corrected chi connectivity index (χ2v) is 7.73. The van der Waals surface area contributed by atoms with Crippen LogP contribution in [0.3, 0.4) is 0 Å². The van der Waals surface area contributed by atoms with Crippen molar-refractivity contribution in [3.63, 3.8) is 0 Å². The van der Waals surface area contributed by atoms with Crippen LogP contribution in [0.4, 0.5) is 5.69 Å². The molecule has 0 radical (unpaired) electrons. The molecule has 1 aromatic carbocycles. The average molecular weight is 313 g/mol. The Morgan fingerprint density at radius 2 is 1.83 bits per heavy atom. The Balaban J connectivity index is 1.91. The molecule has 1 aromatic rings. The molecule has 0 spiro atoms. The Morgan fingerprint density at radius 3 is 2.35 bits per heavy atom. The van der Waals surface area contributed by atoms with Crippen LogP contribution in [0.1, 0.15) is 57.3 Å². The van der Waals surface area contributed by atoms with Crippen molar-refractivity contribution in [3.8, 4) is 0 Å². The predicted octanol–water partition coefficient (Wildman–Crippen LogP) is 3.61. The number of carbonyl (C=O) groups is 3. The summed E-state index contributed by atoms with van der Waals surface area (Å²) < 4.78 is 0. The van der Waals surface area contributed by atoms with Crippen LogP contribution in [-0.2, 0) is 9.59 Å². The fourth-order valence-electron chi connectivity index (χ4n) is 4.43. The molecule has 1 amide bonds. The van der Waals surface area contributed by atoms with Gasteiger partial charge in [0.2, 0.25) is 5.91 Å². The van der Waals surface area contributed by atoms with Gasteiger partial charge in [-0.25, -0.2) is 0 Å². The van der Waals surface area contributed by atoms with Gasteiger partial charge in [0.25, 0.3) is 0 Å². The van der Waals surface area contributed by atoms with E-state index in [1.807, 2.05) is 20.8 Å². The first kappa shape index (κ1) is 15.9. The maximum absolute atomic E-state index is 13.0. The number of ketones is 2. The molecule has 2 fully saturated rings. The van der Waals surface area contributed by atoms with E-state index in [2.05, 4.69) is 5.32 Å². The van der Waals surface area contributed by atoms with E-state index in [4.69, 9.17) is 0 Å². The van der Waals surface area contributed by atoms with E-state index in [-0.39, 0.29) is 22.9 Å². The Labute approximate surface area is 136 Å². The van der Waals surface area contributed by atoms with E-state index in [1.54, 1.807) is 24.3 Å². The summed E-state index contributed by atoms with van der Waals surface area (Å²) in [5, 5.41) is 2.95. The second-order valence-electron chi connectivity index (χ2n) is 7.73. The van der Waals surface area contributed by atoms with Gasteiger partial charge in [0.15, 0.2) is 5.78 Å². The summed E-state index contributed by atoms with van der Waals surface area (Å²) in [7, 11) is 0. The van der Waals surface area contributed by atoms with Gasteiger partial charge < -0.3 is 5.32 Å². The maximum atomic E-state index is 13.0. The predicted molar refractivity (Wildman–Crippen MR) is 88.3 cm³/mol. The van der Waals surface area contributed by atoms with Crippen LogP contribution in [-0.4, -0.2) is 17.5 Å². The van der Waals surface area contributed by atoms with Gasteiger partial charge in [0.05, 0.1) is 5.41 Å². The Bertz CT molecular complexity index is 721. The van der Waals surface area contributed by atoms with Gasteiger partial charge in [-0.1, -0.05) is 32.9 Å². The summed E-state index contributed by atoms with van der Waals surface area (Å²) in [5.41, 5.74) is -0.241.